The van der Waals surface area contributed by atoms with Gasteiger partial charge in [0.05, 0.1) is 5.56 Å². The molecule has 0 bridgehead atoms. The largest absolute Gasteiger partial charge is 0.460 e. The minimum Gasteiger partial charge on any atom is -0.460 e. The van der Waals surface area contributed by atoms with Crippen LogP contribution in [0.4, 0.5) is 0 Å². The van der Waals surface area contributed by atoms with Gasteiger partial charge in [-0.2, -0.15) is 0 Å². The molecule has 0 fully saturated rings. The SMILES string of the molecule is CCCCc1cc(C=O)c(-c2ccccc2)o1. The van der Waals surface area contributed by atoms with Crippen molar-refractivity contribution in [3.8, 4) is 11.3 Å². The van der Waals surface area contributed by atoms with Crippen LogP contribution in [0.1, 0.15) is 35.9 Å². The molecule has 2 aromatic rings. The van der Waals surface area contributed by atoms with Gasteiger partial charge in [0.25, 0.3) is 0 Å². The Morgan fingerprint density at radius 2 is 2.00 bits per heavy atom. The van der Waals surface area contributed by atoms with Crippen molar-refractivity contribution in [2.45, 2.75) is 26.2 Å². The molecule has 0 unspecified atom stereocenters. The van der Waals surface area contributed by atoms with Crippen LogP contribution in [0.5, 0.6) is 0 Å². The summed E-state index contributed by atoms with van der Waals surface area (Å²) in [5.41, 5.74) is 1.60. The molecular weight excluding hydrogens is 212 g/mol. The maximum absolute atomic E-state index is 11.0. The normalized spacial score (nSPS) is 10.4. The van der Waals surface area contributed by atoms with Crippen LogP contribution in [0.3, 0.4) is 0 Å². The number of unbranched alkanes of at least 4 members (excludes halogenated alkanes) is 1. The Bertz CT molecular complexity index is 483. The van der Waals surface area contributed by atoms with Crippen molar-refractivity contribution in [1.82, 2.24) is 0 Å². The van der Waals surface area contributed by atoms with Crippen molar-refractivity contribution in [3.05, 3.63) is 47.7 Å². The minimum absolute atomic E-state index is 0.641. The van der Waals surface area contributed by atoms with E-state index < -0.39 is 0 Å². The van der Waals surface area contributed by atoms with Gasteiger partial charge in [0.2, 0.25) is 0 Å². The zero-order valence-electron chi connectivity index (χ0n) is 9.98. The number of aldehydes is 1. The van der Waals surface area contributed by atoms with Gasteiger partial charge in [-0.15, -0.1) is 0 Å². The van der Waals surface area contributed by atoms with Crippen LogP contribution in [0.15, 0.2) is 40.8 Å². The lowest BCUT2D eigenvalue weighted by atomic mass is 10.1. The van der Waals surface area contributed by atoms with Crippen molar-refractivity contribution in [2.24, 2.45) is 0 Å². The van der Waals surface area contributed by atoms with Crippen molar-refractivity contribution in [1.29, 1.82) is 0 Å². The molecule has 1 aromatic carbocycles. The number of hydrogen-bond acceptors (Lipinski definition) is 2. The van der Waals surface area contributed by atoms with E-state index in [1.54, 1.807) is 0 Å². The second-order valence-corrected chi connectivity index (χ2v) is 4.08. The van der Waals surface area contributed by atoms with Gasteiger partial charge < -0.3 is 4.42 Å². The highest BCUT2D eigenvalue weighted by atomic mass is 16.3. The van der Waals surface area contributed by atoms with Gasteiger partial charge in [-0.25, -0.2) is 0 Å². The smallest absolute Gasteiger partial charge is 0.153 e. The lowest BCUT2D eigenvalue weighted by Crippen LogP contribution is -1.79. The van der Waals surface area contributed by atoms with Crippen LogP contribution in [-0.2, 0) is 6.42 Å². The molecule has 2 heteroatoms. The summed E-state index contributed by atoms with van der Waals surface area (Å²) in [4.78, 5) is 11.0. The first kappa shape index (κ1) is 11.6. The fourth-order valence-electron chi connectivity index (χ4n) is 1.84. The van der Waals surface area contributed by atoms with E-state index in [1.165, 1.54) is 0 Å². The van der Waals surface area contributed by atoms with Crippen molar-refractivity contribution < 1.29 is 9.21 Å². The Morgan fingerprint density at radius 1 is 1.24 bits per heavy atom. The molecular formula is C15H16O2. The van der Waals surface area contributed by atoms with E-state index in [0.717, 1.165) is 36.9 Å². The first-order chi connectivity index (χ1) is 8.35. The highest BCUT2D eigenvalue weighted by molar-refractivity contribution is 5.85. The van der Waals surface area contributed by atoms with E-state index in [2.05, 4.69) is 6.92 Å². The first-order valence-corrected chi connectivity index (χ1v) is 5.98. The predicted octanol–water partition coefficient (Wildman–Crippen LogP) is 4.10. The Kier molecular flexibility index (Phi) is 3.76. The van der Waals surface area contributed by atoms with Gasteiger partial charge in [-0.05, 0) is 12.5 Å². The van der Waals surface area contributed by atoms with Gasteiger partial charge in [-0.3, -0.25) is 4.79 Å². The van der Waals surface area contributed by atoms with Crippen molar-refractivity contribution in [2.75, 3.05) is 0 Å². The van der Waals surface area contributed by atoms with Gasteiger partial charge in [0.15, 0.2) is 6.29 Å². The van der Waals surface area contributed by atoms with E-state index in [9.17, 15) is 4.79 Å². The molecule has 1 heterocycles. The van der Waals surface area contributed by atoms with Crippen LogP contribution in [0.25, 0.3) is 11.3 Å². The zero-order chi connectivity index (χ0) is 12.1. The average Bonchev–Trinajstić information content (AvgIpc) is 2.80. The number of carbonyl (C=O) groups excluding carboxylic acids is 1. The zero-order valence-corrected chi connectivity index (χ0v) is 9.98. The van der Waals surface area contributed by atoms with Crippen LogP contribution in [0.2, 0.25) is 0 Å². The van der Waals surface area contributed by atoms with E-state index in [-0.39, 0.29) is 0 Å². The van der Waals surface area contributed by atoms with E-state index in [1.807, 2.05) is 36.4 Å². The predicted molar refractivity (Wildman–Crippen MR) is 68.1 cm³/mol. The Hall–Kier alpha value is -1.83. The van der Waals surface area contributed by atoms with Gasteiger partial charge in [0, 0.05) is 12.0 Å². The van der Waals surface area contributed by atoms with Crippen LogP contribution in [-0.4, -0.2) is 6.29 Å². The monoisotopic (exact) mass is 228 g/mol. The standard InChI is InChI=1S/C15H16O2/c1-2-3-9-14-10-13(11-16)15(17-14)12-7-5-4-6-8-12/h4-8,10-11H,2-3,9H2,1H3. The average molecular weight is 228 g/mol. The summed E-state index contributed by atoms with van der Waals surface area (Å²) < 4.78 is 5.76. The number of benzene rings is 1. The molecule has 0 amide bonds. The number of carbonyl (C=O) groups is 1. The maximum Gasteiger partial charge on any atom is 0.153 e. The summed E-state index contributed by atoms with van der Waals surface area (Å²) in [5.74, 6) is 1.58. The summed E-state index contributed by atoms with van der Waals surface area (Å²) in [6.45, 7) is 2.14. The van der Waals surface area contributed by atoms with E-state index in [4.69, 9.17) is 4.42 Å². The molecule has 0 radical (unpaired) electrons. The number of aryl methyl sites for hydroxylation is 1. The molecule has 0 saturated carbocycles. The Balaban J connectivity index is 2.33. The first-order valence-electron chi connectivity index (χ1n) is 5.98. The second kappa shape index (κ2) is 5.48. The third kappa shape index (κ3) is 2.64. The van der Waals surface area contributed by atoms with Crippen molar-refractivity contribution in [3.63, 3.8) is 0 Å². The molecule has 88 valence electrons. The van der Waals surface area contributed by atoms with Crippen LogP contribution in [0, 0.1) is 0 Å². The molecule has 0 atom stereocenters. The number of furan rings is 1. The fraction of sp³-hybridized carbons (Fsp3) is 0.267. The summed E-state index contributed by atoms with van der Waals surface area (Å²) in [6.07, 6.45) is 3.96. The maximum atomic E-state index is 11.0. The number of hydrogen-bond donors (Lipinski definition) is 0. The fourth-order valence-corrected chi connectivity index (χ4v) is 1.84. The molecule has 2 nitrogen and oxygen atoms in total. The molecule has 0 aliphatic rings. The van der Waals surface area contributed by atoms with Gasteiger partial charge >= 0.3 is 0 Å². The third-order valence-electron chi connectivity index (χ3n) is 2.75. The molecule has 17 heavy (non-hydrogen) atoms. The van der Waals surface area contributed by atoms with E-state index >= 15 is 0 Å². The highest BCUT2D eigenvalue weighted by Crippen LogP contribution is 2.26. The number of rotatable bonds is 5. The third-order valence-corrected chi connectivity index (χ3v) is 2.75. The van der Waals surface area contributed by atoms with Gasteiger partial charge in [0.1, 0.15) is 11.5 Å². The topological polar surface area (TPSA) is 30.2 Å². The molecule has 0 saturated heterocycles. The van der Waals surface area contributed by atoms with Gasteiger partial charge in [-0.1, -0.05) is 43.7 Å². The van der Waals surface area contributed by atoms with Crippen LogP contribution < -0.4 is 0 Å². The molecule has 2 rings (SSSR count). The molecule has 0 N–H and O–H groups in total. The van der Waals surface area contributed by atoms with Crippen molar-refractivity contribution >= 4 is 6.29 Å². The molecule has 1 aromatic heterocycles. The summed E-state index contributed by atoms with van der Waals surface area (Å²) >= 11 is 0. The Labute approximate surface area is 101 Å². The quantitative estimate of drug-likeness (QED) is 0.721. The molecule has 0 aliphatic heterocycles. The Morgan fingerprint density at radius 3 is 2.65 bits per heavy atom. The minimum atomic E-state index is 0.641. The highest BCUT2D eigenvalue weighted by Gasteiger charge is 2.11. The molecule has 0 aliphatic carbocycles. The lowest BCUT2D eigenvalue weighted by Gasteiger charge is -1.97. The summed E-state index contributed by atoms with van der Waals surface area (Å²) in [5, 5.41) is 0. The summed E-state index contributed by atoms with van der Waals surface area (Å²) in [6, 6.07) is 11.6. The second-order valence-electron chi connectivity index (χ2n) is 4.08. The van der Waals surface area contributed by atoms with E-state index in [0.29, 0.717) is 11.3 Å². The van der Waals surface area contributed by atoms with Crippen LogP contribution >= 0.6 is 0 Å². The lowest BCUT2D eigenvalue weighted by molar-refractivity contribution is 0.112. The summed E-state index contributed by atoms with van der Waals surface area (Å²) in [7, 11) is 0. The molecule has 0 spiro atoms.